The molecular formula is C14H18ClNO. The van der Waals surface area contributed by atoms with Crippen LogP contribution in [-0.2, 0) is 6.42 Å². The lowest BCUT2D eigenvalue weighted by molar-refractivity contribution is 0.216. The van der Waals surface area contributed by atoms with Crippen molar-refractivity contribution in [2.24, 2.45) is 5.92 Å². The molecular weight excluding hydrogens is 234 g/mol. The molecule has 1 heterocycles. The van der Waals surface area contributed by atoms with Crippen molar-refractivity contribution in [1.82, 2.24) is 5.32 Å². The third kappa shape index (κ3) is 2.58. The van der Waals surface area contributed by atoms with Crippen LogP contribution in [0, 0.1) is 5.92 Å². The van der Waals surface area contributed by atoms with Gasteiger partial charge in [-0.15, -0.1) is 0 Å². The molecule has 3 heteroatoms. The summed E-state index contributed by atoms with van der Waals surface area (Å²) in [6, 6.07) is 5.89. The maximum absolute atomic E-state index is 5.97. The van der Waals surface area contributed by atoms with E-state index in [-0.39, 0.29) is 6.10 Å². The molecule has 2 nitrogen and oxygen atoms in total. The fourth-order valence-corrected chi connectivity index (χ4v) is 2.74. The first-order valence-electron chi connectivity index (χ1n) is 6.47. The van der Waals surface area contributed by atoms with E-state index in [0.717, 1.165) is 36.2 Å². The summed E-state index contributed by atoms with van der Waals surface area (Å²) >= 11 is 5.97. The third-order valence-corrected chi connectivity index (χ3v) is 4.03. The Bertz CT molecular complexity index is 403. The summed E-state index contributed by atoms with van der Waals surface area (Å²) in [7, 11) is 0. The molecule has 1 aliphatic heterocycles. The summed E-state index contributed by atoms with van der Waals surface area (Å²) in [5.41, 5.74) is 1.24. The topological polar surface area (TPSA) is 21.3 Å². The van der Waals surface area contributed by atoms with Gasteiger partial charge in [-0.1, -0.05) is 18.0 Å². The fourth-order valence-electron chi connectivity index (χ4n) is 2.55. The molecule has 1 N–H and O–H groups in total. The molecule has 92 valence electrons. The zero-order valence-corrected chi connectivity index (χ0v) is 10.7. The Balaban J connectivity index is 1.48. The molecule has 1 aromatic rings. The highest BCUT2D eigenvalue weighted by Gasteiger charge is 2.23. The maximum atomic E-state index is 5.97. The molecule has 0 radical (unpaired) electrons. The lowest BCUT2D eigenvalue weighted by atomic mass is 9.85. The van der Waals surface area contributed by atoms with Gasteiger partial charge in [-0.3, -0.25) is 0 Å². The van der Waals surface area contributed by atoms with Gasteiger partial charge in [0.05, 0.1) is 0 Å². The first-order chi connectivity index (χ1) is 8.31. The van der Waals surface area contributed by atoms with E-state index in [1.807, 2.05) is 18.2 Å². The van der Waals surface area contributed by atoms with Crippen molar-refractivity contribution >= 4 is 11.6 Å². The van der Waals surface area contributed by atoms with Gasteiger partial charge in [0.2, 0.25) is 0 Å². The molecule has 1 atom stereocenters. The van der Waals surface area contributed by atoms with Crippen LogP contribution in [0.5, 0.6) is 5.75 Å². The Morgan fingerprint density at radius 3 is 2.94 bits per heavy atom. The van der Waals surface area contributed by atoms with Gasteiger partial charge in [-0.25, -0.2) is 0 Å². The standard InChI is InChI=1S/C14H18ClNO/c15-12-4-5-14-11(6-12)7-13(17-14)9-16-8-10-2-1-3-10/h4-6,10,13,16H,1-3,7-9H2. The van der Waals surface area contributed by atoms with Crippen molar-refractivity contribution in [3.8, 4) is 5.75 Å². The second-order valence-corrected chi connectivity index (χ2v) is 5.59. The van der Waals surface area contributed by atoms with Gasteiger partial charge in [-0.05, 0) is 49.1 Å². The molecule has 1 aliphatic carbocycles. The molecule has 0 bridgehead atoms. The molecule has 1 unspecified atom stereocenters. The SMILES string of the molecule is Clc1ccc2c(c1)CC(CNCC1CCC1)O2. The summed E-state index contributed by atoms with van der Waals surface area (Å²) in [4.78, 5) is 0. The molecule has 0 saturated heterocycles. The van der Waals surface area contributed by atoms with Crippen molar-refractivity contribution in [3.63, 3.8) is 0 Å². The Hall–Kier alpha value is -0.730. The van der Waals surface area contributed by atoms with E-state index in [1.165, 1.54) is 24.8 Å². The molecule has 0 spiro atoms. The highest BCUT2D eigenvalue weighted by molar-refractivity contribution is 6.30. The van der Waals surface area contributed by atoms with Crippen molar-refractivity contribution in [1.29, 1.82) is 0 Å². The number of rotatable bonds is 4. The smallest absolute Gasteiger partial charge is 0.123 e. The van der Waals surface area contributed by atoms with Crippen LogP contribution in [0.1, 0.15) is 24.8 Å². The molecule has 1 fully saturated rings. The third-order valence-electron chi connectivity index (χ3n) is 3.79. The van der Waals surface area contributed by atoms with Crippen LogP contribution in [0.15, 0.2) is 18.2 Å². The van der Waals surface area contributed by atoms with Gasteiger partial charge in [0.25, 0.3) is 0 Å². The van der Waals surface area contributed by atoms with Crippen LogP contribution in [0.3, 0.4) is 0 Å². The number of hydrogen-bond donors (Lipinski definition) is 1. The van der Waals surface area contributed by atoms with E-state index < -0.39 is 0 Å². The first kappa shape index (κ1) is 11.4. The average Bonchev–Trinajstić information content (AvgIpc) is 2.63. The van der Waals surface area contributed by atoms with E-state index in [2.05, 4.69) is 5.32 Å². The zero-order valence-electron chi connectivity index (χ0n) is 9.92. The second kappa shape index (κ2) is 4.87. The van der Waals surface area contributed by atoms with Crippen LogP contribution in [0.2, 0.25) is 5.02 Å². The quantitative estimate of drug-likeness (QED) is 0.888. The molecule has 3 rings (SSSR count). The molecule has 0 amide bonds. The van der Waals surface area contributed by atoms with E-state index >= 15 is 0 Å². The first-order valence-corrected chi connectivity index (χ1v) is 6.85. The fraction of sp³-hybridized carbons (Fsp3) is 0.571. The Morgan fingerprint density at radius 1 is 1.29 bits per heavy atom. The minimum atomic E-state index is 0.281. The van der Waals surface area contributed by atoms with Gasteiger partial charge in [-0.2, -0.15) is 0 Å². The Labute approximate surface area is 107 Å². The number of hydrogen-bond acceptors (Lipinski definition) is 2. The van der Waals surface area contributed by atoms with Crippen LogP contribution in [0.25, 0.3) is 0 Å². The summed E-state index contributed by atoms with van der Waals surface area (Å²) in [5.74, 6) is 1.91. The summed E-state index contributed by atoms with van der Waals surface area (Å²) in [6.45, 7) is 2.10. The molecule has 17 heavy (non-hydrogen) atoms. The molecule has 2 aliphatic rings. The van der Waals surface area contributed by atoms with Crippen LogP contribution in [0.4, 0.5) is 0 Å². The zero-order chi connectivity index (χ0) is 11.7. The van der Waals surface area contributed by atoms with Crippen molar-refractivity contribution in [2.45, 2.75) is 31.8 Å². The lowest BCUT2D eigenvalue weighted by Crippen LogP contribution is -2.35. The van der Waals surface area contributed by atoms with Crippen LogP contribution < -0.4 is 10.1 Å². The largest absolute Gasteiger partial charge is 0.488 e. The van der Waals surface area contributed by atoms with E-state index in [4.69, 9.17) is 16.3 Å². The van der Waals surface area contributed by atoms with Gasteiger partial charge in [0, 0.05) is 18.0 Å². The van der Waals surface area contributed by atoms with E-state index in [1.54, 1.807) is 0 Å². The number of benzene rings is 1. The van der Waals surface area contributed by atoms with Gasteiger partial charge in [0.1, 0.15) is 11.9 Å². The van der Waals surface area contributed by atoms with Crippen molar-refractivity contribution in [2.75, 3.05) is 13.1 Å². The molecule has 1 saturated carbocycles. The summed E-state index contributed by atoms with van der Waals surface area (Å²) in [5, 5.41) is 4.32. The minimum Gasteiger partial charge on any atom is -0.488 e. The average molecular weight is 252 g/mol. The Morgan fingerprint density at radius 2 is 2.18 bits per heavy atom. The number of fused-ring (bicyclic) bond motifs is 1. The normalized spacial score (nSPS) is 23.0. The van der Waals surface area contributed by atoms with Crippen LogP contribution >= 0.6 is 11.6 Å². The summed E-state index contributed by atoms with van der Waals surface area (Å²) in [6.07, 6.45) is 5.47. The maximum Gasteiger partial charge on any atom is 0.123 e. The molecule has 0 aromatic heterocycles. The number of ether oxygens (including phenoxy) is 1. The van der Waals surface area contributed by atoms with E-state index in [9.17, 15) is 0 Å². The number of halogens is 1. The van der Waals surface area contributed by atoms with Gasteiger partial charge < -0.3 is 10.1 Å². The van der Waals surface area contributed by atoms with Crippen molar-refractivity contribution in [3.05, 3.63) is 28.8 Å². The lowest BCUT2D eigenvalue weighted by Gasteiger charge is -2.26. The van der Waals surface area contributed by atoms with Gasteiger partial charge >= 0.3 is 0 Å². The highest BCUT2D eigenvalue weighted by Crippen LogP contribution is 2.31. The monoisotopic (exact) mass is 251 g/mol. The van der Waals surface area contributed by atoms with Gasteiger partial charge in [0.15, 0.2) is 0 Å². The highest BCUT2D eigenvalue weighted by atomic mass is 35.5. The minimum absolute atomic E-state index is 0.281. The van der Waals surface area contributed by atoms with E-state index in [0.29, 0.717) is 0 Å². The molecule has 1 aromatic carbocycles. The van der Waals surface area contributed by atoms with Crippen LogP contribution in [-0.4, -0.2) is 19.2 Å². The predicted octanol–water partition coefficient (Wildman–Crippen LogP) is 3.03. The second-order valence-electron chi connectivity index (χ2n) is 5.15. The Kier molecular flexibility index (Phi) is 3.26. The number of nitrogens with one attached hydrogen (secondary N) is 1. The predicted molar refractivity (Wildman–Crippen MR) is 69.8 cm³/mol. The van der Waals surface area contributed by atoms with Crippen molar-refractivity contribution < 1.29 is 4.74 Å². The summed E-state index contributed by atoms with van der Waals surface area (Å²) < 4.78 is 5.87.